The number of hydrogen-bond acceptors (Lipinski definition) is 3. The van der Waals surface area contributed by atoms with E-state index in [2.05, 4.69) is 15.2 Å². The van der Waals surface area contributed by atoms with Crippen molar-refractivity contribution in [2.45, 2.75) is 33.1 Å². The zero-order valence-corrected chi connectivity index (χ0v) is 18.2. The number of nitrogens with zero attached hydrogens (tertiary/aromatic N) is 2. The van der Waals surface area contributed by atoms with E-state index in [4.69, 9.17) is 4.74 Å². The Hall–Kier alpha value is -1.45. The molecule has 27 heavy (non-hydrogen) atoms. The van der Waals surface area contributed by atoms with Crippen LogP contribution in [0.5, 0.6) is 0 Å². The maximum atomic E-state index is 13.7. The normalized spacial score (nSPS) is 15.3. The molecule has 152 valence electrons. The topological polar surface area (TPSA) is 53.9 Å². The Kier molecular flexibility index (Phi) is 10.6. The van der Waals surface area contributed by atoms with E-state index in [1.807, 2.05) is 6.92 Å². The van der Waals surface area contributed by atoms with Gasteiger partial charge in [-0.15, -0.1) is 24.0 Å². The van der Waals surface area contributed by atoms with E-state index in [0.29, 0.717) is 45.0 Å². The number of aliphatic imine (C=N–C) groups is 1. The molecule has 1 saturated heterocycles. The van der Waals surface area contributed by atoms with E-state index < -0.39 is 11.6 Å². The number of likely N-dealkylation sites (tertiary alicyclic amines) is 1. The Bertz CT molecular complexity index is 615. The predicted molar refractivity (Wildman–Crippen MR) is 112 cm³/mol. The highest BCUT2D eigenvalue weighted by Gasteiger charge is 2.27. The number of ether oxygens (including phenoxy) is 1. The zero-order chi connectivity index (χ0) is 18.9. The largest absolute Gasteiger partial charge is 0.466 e. The van der Waals surface area contributed by atoms with Crippen LogP contribution in [0.15, 0.2) is 23.2 Å². The van der Waals surface area contributed by atoms with Crippen molar-refractivity contribution in [3.63, 3.8) is 0 Å². The van der Waals surface area contributed by atoms with E-state index in [0.717, 1.165) is 0 Å². The molecule has 0 aromatic heterocycles. The maximum absolute atomic E-state index is 13.7. The summed E-state index contributed by atoms with van der Waals surface area (Å²) in [6, 6.07) is 3.87. The molecule has 2 rings (SSSR count). The number of esters is 1. The molecule has 0 amide bonds. The fraction of sp³-hybridized carbons (Fsp3) is 0.579. The molecule has 5 nitrogen and oxygen atoms in total. The highest BCUT2D eigenvalue weighted by Crippen LogP contribution is 2.19. The molecule has 8 heteroatoms. The second-order valence-corrected chi connectivity index (χ2v) is 6.20. The van der Waals surface area contributed by atoms with Gasteiger partial charge in [0.1, 0.15) is 11.6 Å². The number of piperidine rings is 1. The van der Waals surface area contributed by atoms with Gasteiger partial charge in [-0.25, -0.2) is 8.78 Å². The fourth-order valence-corrected chi connectivity index (χ4v) is 3.06. The summed E-state index contributed by atoms with van der Waals surface area (Å²) in [7, 11) is 0. The molecule has 1 aromatic carbocycles. The van der Waals surface area contributed by atoms with Crippen LogP contribution in [0.4, 0.5) is 8.78 Å². The van der Waals surface area contributed by atoms with Gasteiger partial charge < -0.3 is 15.0 Å². The van der Waals surface area contributed by atoms with Gasteiger partial charge in [-0.3, -0.25) is 9.79 Å². The Balaban J connectivity index is 0.00000364. The Morgan fingerprint density at radius 1 is 1.26 bits per heavy atom. The first-order valence-corrected chi connectivity index (χ1v) is 9.19. The lowest BCUT2D eigenvalue weighted by atomic mass is 9.97. The number of carbonyl (C=O) groups is 1. The first-order valence-electron chi connectivity index (χ1n) is 9.19. The molecule has 1 aliphatic heterocycles. The standard InChI is InChI=1S/C19H27F2N3O2.HI/c1-3-22-19(23-11-8-15-16(20)6-5-7-17(15)21)24-12-9-14(10-13-24)18(25)26-4-2;/h5-7,14H,3-4,8-13H2,1-2H3,(H,22,23);1H. The number of guanidine groups is 1. The first kappa shape index (κ1) is 23.6. The third kappa shape index (κ3) is 6.90. The van der Waals surface area contributed by atoms with Crippen LogP contribution in [0.1, 0.15) is 32.3 Å². The molecule has 1 fully saturated rings. The summed E-state index contributed by atoms with van der Waals surface area (Å²) in [5.74, 6) is -0.571. The van der Waals surface area contributed by atoms with E-state index in [-0.39, 0.29) is 54.4 Å². The van der Waals surface area contributed by atoms with E-state index >= 15 is 0 Å². The van der Waals surface area contributed by atoms with Gasteiger partial charge in [0.15, 0.2) is 5.96 Å². The quantitative estimate of drug-likeness (QED) is 0.285. The van der Waals surface area contributed by atoms with Crippen molar-refractivity contribution in [2.75, 3.05) is 32.8 Å². The molecular weight excluding hydrogens is 467 g/mol. The molecule has 1 aromatic rings. The summed E-state index contributed by atoms with van der Waals surface area (Å²) < 4.78 is 32.5. The molecule has 1 heterocycles. The van der Waals surface area contributed by atoms with Gasteiger partial charge in [-0.1, -0.05) is 6.07 Å². The molecule has 0 aliphatic carbocycles. The van der Waals surface area contributed by atoms with Gasteiger partial charge >= 0.3 is 5.97 Å². The minimum atomic E-state index is -0.541. The van der Waals surface area contributed by atoms with Crippen LogP contribution in [-0.2, 0) is 16.0 Å². The Labute approximate surface area is 176 Å². The van der Waals surface area contributed by atoms with Gasteiger partial charge in [0.2, 0.25) is 0 Å². The molecule has 1 N–H and O–H groups in total. The Morgan fingerprint density at radius 3 is 2.44 bits per heavy atom. The minimum absolute atomic E-state index is 0. The van der Waals surface area contributed by atoms with Gasteiger partial charge in [-0.2, -0.15) is 0 Å². The molecule has 0 radical (unpaired) electrons. The summed E-state index contributed by atoms with van der Waals surface area (Å²) in [6.45, 7) is 6.56. The van der Waals surface area contributed by atoms with Crippen LogP contribution in [0.2, 0.25) is 0 Å². The number of hydrogen-bond donors (Lipinski definition) is 1. The lowest BCUT2D eigenvalue weighted by Crippen LogP contribution is -2.46. The summed E-state index contributed by atoms with van der Waals surface area (Å²) in [4.78, 5) is 18.4. The molecule has 0 saturated carbocycles. The third-order valence-corrected chi connectivity index (χ3v) is 4.43. The van der Waals surface area contributed by atoms with E-state index in [1.165, 1.54) is 18.2 Å². The van der Waals surface area contributed by atoms with E-state index in [1.54, 1.807) is 6.92 Å². The van der Waals surface area contributed by atoms with Crippen LogP contribution in [-0.4, -0.2) is 49.6 Å². The highest BCUT2D eigenvalue weighted by molar-refractivity contribution is 14.0. The third-order valence-electron chi connectivity index (χ3n) is 4.43. The fourth-order valence-electron chi connectivity index (χ4n) is 3.06. The van der Waals surface area contributed by atoms with Crippen LogP contribution >= 0.6 is 24.0 Å². The molecule has 0 unspecified atom stereocenters. The van der Waals surface area contributed by atoms with Crippen molar-refractivity contribution in [1.82, 2.24) is 10.2 Å². The van der Waals surface area contributed by atoms with Crippen molar-refractivity contribution < 1.29 is 18.3 Å². The van der Waals surface area contributed by atoms with Crippen molar-refractivity contribution >= 4 is 35.9 Å². The molecule has 0 atom stereocenters. The zero-order valence-electron chi connectivity index (χ0n) is 15.8. The van der Waals surface area contributed by atoms with Crippen molar-refractivity contribution in [1.29, 1.82) is 0 Å². The van der Waals surface area contributed by atoms with Crippen LogP contribution in [0.25, 0.3) is 0 Å². The number of halogens is 3. The Morgan fingerprint density at radius 2 is 1.89 bits per heavy atom. The molecular formula is C19H28F2IN3O2. The molecule has 0 spiro atoms. The number of rotatable bonds is 6. The van der Waals surface area contributed by atoms with E-state index in [9.17, 15) is 13.6 Å². The lowest BCUT2D eigenvalue weighted by molar-refractivity contribution is -0.149. The van der Waals surface area contributed by atoms with Crippen LogP contribution in [0.3, 0.4) is 0 Å². The minimum Gasteiger partial charge on any atom is -0.466 e. The van der Waals surface area contributed by atoms with Gasteiger partial charge in [0.25, 0.3) is 0 Å². The number of carbonyl (C=O) groups excluding carboxylic acids is 1. The van der Waals surface area contributed by atoms with Crippen molar-refractivity contribution in [2.24, 2.45) is 10.9 Å². The van der Waals surface area contributed by atoms with Crippen LogP contribution < -0.4 is 5.32 Å². The second-order valence-electron chi connectivity index (χ2n) is 6.20. The first-order chi connectivity index (χ1) is 12.6. The maximum Gasteiger partial charge on any atom is 0.309 e. The summed E-state index contributed by atoms with van der Waals surface area (Å²) in [5, 5.41) is 3.21. The van der Waals surface area contributed by atoms with Gasteiger partial charge in [0.05, 0.1) is 12.5 Å². The lowest BCUT2D eigenvalue weighted by Gasteiger charge is -2.33. The smallest absolute Gasteiger partial charge is 0.309 e. The average molecular weight is 495 g/mol. The molecule has 0 bridgehead atoms. The van der Waals surface area contributed by atoms with Gasteiger partial charge in [-0.05, 0) is 45.2 Å². The predicted octanol–water partition coefficient (Wildman–Crippen LogP) is 3.37. The summed E-state index contributed by atoms with van der Waals surface area (Å²) in [6.07, 6.45) is 1.63. The second kappa shape index (κ2) is 12.1. The van der Waals surface area contributed by atoms with Crippen molar-refractivity contribution in [3.8, 4) is 0 Å². The van der Waals surface area contributed by atoms with Gasteiger partial charge in [0, 0.05) is 31.7 Å². The molecule has 1 aliphatic rings. The SMILES string of the molecule is CCNC(=NCCc1c(F)cccc1F)N1CCC(C(=O)OCC)CC1.I. The number of nitrogens with one attached hydrogen (secondary N) is 1. The highest BCUT2D eigenvalue weighted by atomic mass is 127. The summed E-state index contributed by atoms with van der Waals surface area (Å²) in [5.41, 5.74) is 0.0631. The van der Waals surface area contributed by atoms with Crippen LogP contribution in [0, 0.1) is 17.6 Å². The average Bonchev–Trinajstić information content (AvgIpc) is 2.63. The monoisotopic (exact) mass is 495 g/mol. The number of benzene rings is 1. The van der Waals surface area contributed by atoms with Crippen molar-refractivity contribution in [3.05, 3.63) is 35.4 Å². The summed E-state index contributed by atoms with van der Waals surface area (Å²) >= 11 is 0.